The van der Waals surface area contributed by atoms with Crippen LogP contribution in [0.2, 0.25) is 0 Å². The Labute approximate surface area is 106 Å². The topological polar surface area (TPSA) is 108 Å². The van der Waals surface area contributed by atoms with Gasteiger partial charge in [0.25, 0.3) is 0 Å². The molecule has 1 saturated carbocycles. The third-order valence-corrected chi connectivity index (χ3v) is 3.07. The van der Waals surface area contributed by atoms with Crippen molar-refractivity contribution in [3.05, 3.63) is 0 Å². The number of aliphatic hydroxyl groups is 1. The van der Waals surface area contributed by atoms with Gasteiger partial charge in [-0.3, -0.25) is 0 Å². The minimum atomic E-state index is -1.15. The summed E-state index contributed by atoms with van der Waals surface area (Å²) in [5.74, 6) is -1.15. The van der Waals surface area contributed by atoms with Gasteiger partial charge in [0.1, 0.15) is 6.04 Å². The molecular formula is C11H20N2O5. The van der Waals surface area contributed by atoms with Gasteiger partial charge in [0, 0.05) is 26.2 Å². The molecule has 0 aromatic rings. The highest BCUT2D eigenvalue weighted by atomic mass is 16.5. The largest absolute Gasteiger partial charge is 0.480 e. The van der Waals surface area contributed by atoms with Crippen LogP contribution in [0.5, 0.6) is 0 Å². The average molecular weight is 260 g/mol. The molecule has 1 aliphatic rings. The van der Waals surface area contributed by atoms with Gasteiger partial charge < -0.3 is 25.6 Å². The number of hydrogen-bond acceptors (Lipinski definition) is 4. The van der Waals surface area contributed by atoms with Crippen molar-refractivity contribution < 1.29 is 24.5 Å². The van der Waals surface area contributed by atoms with Crippen molar-refractivity contribution in [2.24, 2.45) is 0 Å². The second-order valence-corrected chi connectivity index (χ2v) is 4.39. The maximum Gasteiger partial charge on any atom is 0.326 e. The molecule has 7 nitrogen and oxygen atoms in total. The van der Waals surface area contributed by atoms with E-state index < -0.39 is 18.0 Å². The number of carboxylic acid groups (broad SMARTS) is 1. The van der Waals surface area contributed by atoms with Crippen LogP contribution in [-0.2, 0) is 9.53 Å². The number of carbonyl (C=O) groups excluding carboxylic acids is 1. The predicted molar refractivity (Wildman–Crippen MR) is 63.2 cm³/mol. The van der Waals surface area contributed by atoms with Gasteiger partial charge in [-0.2, -0.15) is 0 Å². The van der Waals surface area contributed by atoms with Crippen LogP contribution in [0.15, 0.2) is 0 Å². The van der Waals surface area contributed by atoms with Gasteiger partial charge in [0.15, 0.2) is 0 Å². The van der Waals surface area contributed by atoms with Crippen molar-refractivity contribution in [3.63, 3.8) is 0 Å². The van der Waals surface area contributed by atoms with Crippen molar-refractivity contribution in [1.82, 2.24) is 10.6 Å². The highest BCUT2D eigenvalue weighted by Gasteiger charge is 2.27. The van der Waals surface area contributed by atoms with Gasteiger partial charge in [0.2, 0.25) is 0 Å². The lowest BCUT2D eigenvalue weighted by molar-refractivity contribution is -0.139. The van der Waals surface area contributed by atoms with Crippen LogP contribution < -0.4 is 10.6 Å². The van der Waals surface area contributed by atoms with E-state index in [0.717, 1.165) is 19.3 Å². The second kappa shape index (κ2) is 7.17. The minimum absolute atomic E-state index is 0.00584. The molecule has 3 atom stereocenters. The highest BCUT2D eigenvalue weighted by Crippen LogP contribution is 2.21. The van der Waals surface area contributed by atoms with Crippen LogP contribution in [0.3, 0.4) is 0 Å². The lowest BCUT2D eigenvalue weighted by atomic mass is 10.2. The van der Waals surface area contributed by atoms with Crippen molar-refractivity contribution >= 4 is 12.0 Å². The first kappa shape index (κ1) is 14.7. The molecule has 1 fully saturated rings. The number of methoxy groups -OCH3 is 1. The first-order valence-electron chi connectivity index (χ1n) is 6.00. The third kappa shape index (κ3) is 4.50. The van der Waals surface area contributed by atoms with Gasteiger partial charge in [-0.1, -0.05) is 0 Å². The van der Waals surface area contributed by atoms with E-state index in [1.165, 1.54) is 0 Å². The Morgan fingerprint density at radius 1 is 1.44 bits per heavy atom. The highest BCUT2D eigenvalue weighted by molar-refractivity contribution is 5.82. The van der Waals surface area contributed by atoms with Crippen molar-refractivity contribution in [2.45, 2.75) is 43.9 Å². The number of urea groups is 1. The molecule has 7 heteroatoms. The Balaban J connectivity index is 2.34. The molecule has 0 saturated heterocycles. The number of carboxylic acids is 1. The Morgan fingerprint density at radius 2 is 2.17 bits per heavy atom. The number of nitrogens with one attached hydrogen (secondary N) is 2. The van der Waals surface area contributed by atoms with E-state index in [1.807, 2.05) is 0 Å². The lowest BCUT2D eigenvalue weighted by Crippen LogP contribution is -2.48. The van der Waals surface area contributed by atoms with Gasteiger partial charge >= 0.3 is 12.0 Å². The quantitative estimate of drug-likeness (QED) is 0.524. The summed E-state index contributed by atoms with van der Waals surface area (Å²) in [6, 6.07) is -1.56. The second-order valence-electron chi connectivity index (χ2n) is 4.39. The summed E-state index contributed by atoms with van der Waals surface area (Å²) in [4.78, 5) is 22.4. The first-order valence-corrected chi connectivity index (χ1v) is 6.00. The smallest absolute Gasteiger partial charge is 0.326 e. The molecule has 0 aromatic heterocycles. The SMILES string of the molecule is COC1CCC(NC(=O)NC(CCO)C(=O)O)C1. The van der Waals surface area contributed by atoms with Crippen molar-refractivity contribution in [3.8, 4) is 0 Å². The fourth-order valence-corrected chi connectivity index (χ4v) is 2.06. The summed E-state index contributed by atoms with van der Waals surface area (Å²) in [7, 11) is 1.63. The van der Waals surface area contributed by atoms with Crippen molar-refractivity contribution in [1.29, 1.82) is 0 Å². The van der Waals surface area contributed by atoms with E-state index in [4.69, 9.17) is 14.9 Å². The predicted octanol–water partition coefficient (Wildman–Crippen LogP) is -0.311. The zero-order chi connectivity index (χ0) is 13.5. The van der Waals surface area contributed by atoms with Gasteiger partial charge in [-0.15, -0.1) is 0 Å². The summed E-state index contributed by atoms with van der Waals surface area (Å²) in [5.41, 5.74) is 0. The molecule has 3 unspecified atom stereocenters. The van der Waals surface area contributed by atoms with Crippen LogP contribution in [0.1, 0.15) is 25.7 Å². The van der Waals surface area contributed by atoms with Crippen LogP contribution in [0.25, 0.3) is 0 Å². The number of ether oxygens (including phenoxy) is 1. The Morgan fingerprint density at radius 3 is 2.67 bits per heavy atom. The molecule has 104 valence electrons. The van der Waals surface area contributed by atoms with Crippen LogP contribution >= 0.6 is 0 Å². The fourth-order valence-electron chi connectivity index (χ4n) is 2.06. The number of rotatable bonds is 6. The molecule has 0 aromatic carbocycles. The lowest BCUT2D eigenvalue weighted by Gasteiger charge is -2.17. The van der Waals surface area contributed by atoms with Crippen LogP contribution in [-0.4, -0.2) is 54.1 Å². The summed E-state index contributed by atoms with van der Waals surface area (Å²) >= 11 is 0. The standard InChI is InChI=1S/C11H20N2O5/c1-18-8-3-2-7(6-8)12-11(17)13-9(4-5-14)10(15)16/h7-9,14H,2-6H2,1H3,(H,15,16)(H2,12,13,17). The molecule has 0 spiro atoms. The summed E-state index contributed by atoms with van der Waals surface area (Å²) in [5, 5.41) is 22.6. The summed E-state index contributed by atoms with van der Waals surface area (Å²) < 4.78 is 5.18. The molecule has 0 aliphatic heterocycles. The van der Waals surface area contributed by atoms with E-state index in [1.54, 1.807) is 7.11 Å². The van der Waals surface area contributed by atoms with Gasteiger partial charge in [-0.25, -0.2) is 9.59 Å². The maximum absolute atomic E-state index is 11.6. The van der Waals surface area contributed by atoms with Crippen LogP contribution in [0.4, 0.5) is 4.79 Å². The normalized spacial score (nSPS) is 24.6. The minimum Gasteiger partial charge on any atom is -0.480 e. The number of aliphatic hydroxyl groups excluding tert-OH is 1. The number of hydrogen-bond donors (Lipinski definition) is 4. The molecule has 0 bridgehead atoms. The van der Waals surface area contributed by atoms with E-state index in [9.17, 15) is 9.59 Å². The van der Waals surface area contributed by atoms with Crippen LogP contribution in [0, 0.1) is 0 Å². The molecule has 1 rings (SSSR count). The molecule has 0 radical (unpaired) electrons. The molecule has 2 amide bonds. The fraction of sp³-hybridized carbons (Fsp3) is 0.818. The van der Waals surface area contributed by atoms with Gasteiger partial charge in [-0.05, 0) is 19.3 Å². The Bertz CT molecular complexity index is 297. The average Bonchev–Trinajstić information content (AvgIpc) is 2.76. The molecule has 4 N–H and O–H groups in total. The Hall–Kier alpha value is -1.34. The molecule has 18 heavy (non-hydrogen) atoms. The number of carbonyl (C=O) groups is 2. The van der Waals surface area contributed by atoms with Crippen molar-refractivity contribution in [2.75, 3.05) is 13.7 Å². The monoisotopic (exact) mass is 260 g/mol. The number of amides is 2. The maximum atomic E-state index is 11.6. The molecule has 1 aliphatic carbocycles. The third-order valence-electron chi connectivity index (χ3n) is 3.07. The summed E-state index contributed by atoms with van der Waals surface area (Å²) in [6.45, 7) is -0.285. The van der Waals surface area contributed by atoms with E-state index in [0.29, 0.717) is 0 Å². The van der Waals surface area contributed by atoms with E-state index in [-0.39, 0.29) is 25.2 Å². The summed E-state index contributed by atoms with van der Waals surface area (Å²) in [6.07, 6.45) is 2.60. The zero-order valence-electron chi connectivity index (χ0n) is 10.4. The Kier molecular flexibility index (Phi) is 5.87. The number of aliphatic carboxylic acids is 1. The zero-order valence-corrected chi connectivity index (χ0v) is 10.4. The molecular weight excluding hydrogens is 240 g/mol. The van der Waals surface area contributed by atoms with E-state index >= 15 is 0 Å². The van der Waals surface area contributed by atoms with E-state index in [2.05, 4.69) is 10.6 Å². The molecule has 0 heterocycles. The van der Waals surface area contributed by atoms with Gasteiger partial charge in [0.05, 0.1) is 6.10 Å². The first-order chi connectivity index (χ1) is 8.56.